The Hall–Kier alpha value is -2.71. The molecule has 1 aromatic carbocycles. The Kier molecular flexibility index (Phi) is 6.66. The Bertz CT molecular complexity index is 812. The van der Waals surface area contributed by atoms with E-state index >= 15 is 0 Å². The van der Waals surface area contributed by atoms with Crippen molar-refractivity contribution in [2.24, 2.45) is 0 Å². The number of carbonyl (C=O) groups is 1. The largest absolute Gasteiger partial charge is 0.494 e. The summed E-state index contributed by atoms with van der Waals surface area (Å²) in [6.45, 7) is 3.03. The Morgan fingerprint density at radius 1 is 1.21 bits per heavy atom. The van der Waals surface area contributed by atoms with Crippen LogP contribution in [0.25, 0.3) is 0 Å². The van der Waals surface area contributed by atoms with Crippen LogP contribution in [0, 0.1) is 0 Å². The van der Waals surface area contributed by atoms with Crippen LogP contribution in [0.3, 0.4) is 0 Å². The van der Waals surface area contributed by atoms with Crippen LogP contribution in [0.15, 0.2) is 30.5 Å². The van der Waals surface area contributed by atoms with E-state index < -0.39 is 23.3 Å². The molecule has 0 radical (unpaired) electrons. The van der Waals surface area contributed by atoms with Crippen LogP contribution < -0.4 is 15.4 Å². The van der Waals surface area contributed by atoms with Crippen LogP contribution in [-0.2, 0) is 6.18 Å². The molecule has 2 aromatic rings. The summed E-state index contributed by atoms with van der Waals surface area (Å²) in [4.78, 5) is 12.4. The van der Waals surface area contributed by atoms with Crippen molar-refractivity contribution in [1.82, 2.24) is 15.1 Å². The third-order valence-electron chi connectivity index (χ3n) is 4.85. The van der Waals surface area contributed by atoms with Crippen molar-refractivity contribution < 1.29 is 22.7 Å². The molecule has 1 aliphatic rings. The van der Waals surface area contributed by atoms with Gasteiger partial charge < -0.3 is 15.4 Å². The fourth-order valence-corrected chi connectivity index (χ4v) is 3.44. The number of halogens is 3. The van der Waals surface area contributed by atoms with Crippen LogP contribution in [0.5, 0.6) is 5.75 Å². The molecule has 0 saturated heterocycles. The smallest absolute Gasteiger partial charge is 0.435 e. The number of nitrogens with zero attached hydrogens (tertiary/aromatic N) is 2. The maximum Gasteiger partial charge on any atom is 0.435 e. The van der Waals surface area contributed by atoms with Crippen LogP contribution in [-0.4, -0.2) is 35.4 Å². The molecule has 0 spiro atoms. The van der Waals surface area contributed by atoms with Crippen molar-refractivity contribution >= 4 is 11.6 Å². The maximum absolute atomic E-state index is 13.3. The van der Waals surface area contributed by atoms with Crippen LogP contribution in [0.4, 0.5) is 18.9 Å². The van der Waals surface area contributed by atoms with Gasteiger partial charge in [-0.15, -0.1) is 0 Å². The first-order valence-corrected chi connectivity index (χ1v) is 9.79. The highest BCUT2D eigenvalue weighted by Crippen LogP contribution is 2.34. The number of nitrogens with one attached hydrogen (secondary N) is 2. The summed E-state index contributed by atoms with van der Waals surface area (Å²) in [5, 5.41) is 9.33. The summed E-state index contributed by atoms with van der Waals surface area (Å²) in [5.74, 6) is -0.0135. The molecule has 29 heavy (non-hydrogen) atoms. The van der Waals surface area contributed by atoms with E-state index in [1.807, 2.05) is 31.2 Å². The van der Waals surface area contributed by atoms with E-state index in [-0.39, 0.29) is 12.6 Å². The highest BCUT2D eigenvalue weighted by atomic mass is 19.4. The van der Waals surface area contributed by atoms with Crippen LogP contribution in [0.2, 0.25) is 0 Å². The lowest BCUT2D eigenvalue weighted by Gasteiger charge is -2.10. The zero-order valence-corrected chi connectivity index (χ0v) is 16.3. The van der Waals surface area contributed by atoms with E-state index in [0.717, 1.165) is 37.1 Å². The van der Waals surface area contributed by atoms with Gasteiger partial charge in [0.15, 0.2) is 5.69 Å². The normalized spacial score (nSPS) is 14.8. The molecule has 1 amide bonds. The lowest BCUT2D eigenvalue weighted by molar-refractivity contribution is -0.141. The van der Waals surface area contributed by atoms with Gasteiger partial charge >= 0.3 is 6.18 Å². The minimum Gasteiger partial charge on any atom is -0.494 e. The predicted octanol–water partition coefficient (Wildman–Crippen LogP) is 4.26. The maximum atomic E-state index is 13.3. The molecule has 1 aromatic heterocycles. The molecule has 0 bridgehead atoms. The molecule has 1 saturated carbocycles. The summed E-state index contributed by atoms with van der Waals surface area (Å²) in [6, 6.07) is 7.23. The number of benzene rings is 1. The first-order chi connectivity index (χ1) is 13.9. The zero-order chi connectivity index (χ0) is 20.9. The first-order valence-electron chi connectivity index (χ1n) is 9.79. The molecule has 0 aliphatic heterocycles. The van der Waals surface area contributed by atoms with E-state index in [1.165, 1.54) is 10.9 Å². The predicted molar refractivity (Wildman–Crippen MR) is 103 cm³/mol. The van der Waals surface area contributed by atoms with Gasteiger partial charge in [0.1, 0.15) is 5.75 Å². The summed E-state index contributed by atoms with van der Waals surface area (Å²) in [6.07, 6.45) is 0.0540. The molecule has 1 aliphatic carbocycles. The number of amides is 1. The monoisotopic (exact) mass is 410 g/mol. The summed E-state index contributed by atoms with van der Waals surface area (Å²) in [5.41, 5.74) is -0.723. The number of aromatic nitrogens is 2. The van der Waals surface area contributed by atoms with Crippen LogP contribution >= 0.6 is 0 Å². The van der Waals surface area contributed by atoms with Gasteiger partial charge in [0.2, 0.25) is 0 Å². The number of carbonyl (C=O) groups excluding carboxylic acids is 1. The fourth-order valence-electron chi connectivity index (χ4n) is 3.44. The van der Waals surface area contributed by atoms with Crippen molar-refractivity contribution in [2.45, 2.75) is 44.8 Å². The average Bonchev–Trinajstić information content (AvgIpc) is 3.35. The average molecular weight is 410 g/mol. The number of alkyl halides is 3. The number of hydrogen-bond acceptors (Lipinski definition) is 4. The number of rotatable bonds is 8. The van der Waals surface area contributed by atoms with Crippen molar-refractivity contribution in [3.05, 3.63) is 41.7 Å². The third-order valence-corrected chi connectivity index (χ3v) is 4.85. The topological polar surface area (TPSA) is 68.2 Å². The van der Waals surface area contributed by atoms with Gasteiger partial charge in [-0.3, -0.25) is 9.48 Å². The van der Waals surface area contributed by atoms with E-state index in [1.54, 1.807) is 0 Å². The Morgan fingerprint density at radius 3 is 2.52 bits per heavy atom. The van der Waals surface area contributed by atoms with Gasteiger partial charge in [0.25, 0.3) is 5.91 Å². The van der Waals surface area contributed by atoms with Gasteiger partial charge in [0, 0.05) is 25.0 Å². The van der Waals surface area contributed by atoms with E-state index in [9.17, 15) is 18.0 Å². The lowest BCUT2D eigenvalue weighted by Crippen LogP contribution is -2.30. The van der Waals surface area contributed by atoms with Crippen LogP contribution in [0.1, 0.15) is 54.7 Å². The number of ether oxygens (including phenoxy) is 1. The quantitative estimate of drug-likeness (QED) is 0.638. The summed E-state index contributed by atoms with van der Waals surface area (Å²) in [7, 11) is 0. The molecule has 0 atom stereocenters. The van der Waals surface area contributed by atoms with Gasteiger partial charge in [-0.1, -0.05) is 12.8 Å². The van der Waals surface area contributed by atoms with Crippen molar-refractivity contribution in [2.75, 3.05) is 25.0 Å². The van der Waals surface area contributed by atoms with E-state index in [4.69, 9.17) is 4.74 Å². The Balaban J connectivity index is 1.57. The molecule has 9 heteroatoms. The first kappa shape index (κ1) is 21.0. The fraction of sp³-hybridized carbons (Fsp3) is 0.500. The SMILES string of the molecule is CCOc1ccc(NCCNC(=O)c2cn(C3CCCC3)nc2C(F)(F)F)cc1. The second-order valence-electron chi connectivity index (χ2n) is 6.95. The van der Waals surface area contributed by atoms with Crippen molar-refractivity contribution in [3.8, 4) is 5.75 Å². The number of hydrogen-bond donors (Lipinski definition) is 2. The van der Waals surface area contributed by atoms with Gasteiger partial charge in [0.05, 0.1) is 18.2 Å². The molecule has 6 nitrogen and oxygen atoms in total. The summed E-state index contributed by atoms with van der Waals surface area (Å²) >= 11 is 0. The highest BCUT2D eigenvalue weighted by molar-refractivity contribution is 5.95. The third kappa shape index (κ3) is 5.42. The molecule has 158 valence electrons. The molecule has 2 N–H and O–H groups in total. The minimum absolute atomic E-state index is 0.0704. The Labute approximate surface area is 167 Å². The number of anilines is 1. The second kappa shape index (κ2) is 9.19. The lowest BCUT2D eigenvalue weighted by atomic mass is 10.2. The molecule has 1 fully saturated rings. The van der Waals surface area contributed by atoms with Gasteiger partial charge in [-0.25, -0.2) is 0 Å². The minimum atomic E-state index is -4.67. The van der Waals surface area contributed by atoms with Crippen molar-refractivity contribution in [3.63, 3.8) is 0 Å². The van der Waals surface area contributed by atoms with Crippen molar-refractivity contribution in [1.29, 1.82) is 0 Å². The van der Waals surface area contributed by atoms with E-state index in [2.05, 4.69) is 15.7 Å². The zero-order valence-electron chi connectivity index (χ0n) is 16.3. The molecule has 1 heterocycles. The molecular weight excluding hydrogens is 385 g/mol. The van der Waals surface area contributed by atoms with Gasteiger partial charge in [-0.05, 0) is 44.0 Å². The standard InChI is InChI=1S/C20H25F3N4O2/c1-2-29-16-9-7-14(8-10-16)24-11-12-25-19(28)17-13-27(15-5-3-4-6-15)26-18(17)20(21,22)23/h7-10,13,15,24H,2-6,11-12H2,1H3,(H,25,28). The second-order valence-corrected chi connectivity index (χ2v) is 6.95. The molecular formula is C20H25F3N4O2. The summed E-state index contributed by atoms with van der Waals surface area (Å²) < 4.78 is 46.7. The highest BCUT2D eigenvalue weighted by Gasteiger charge is 2.40. The van der Waals surface area contributed by atoms with E-state index in [0.29, 0.717) is 13.2 Å². The Morgan fingerprint density at radius 2 is 1.90 bits per heavy atom. The molecule has 0 unspecified atom stereocenters. The molecule has 3 rings (SSSR count). The van der Waals surface area contributed by atoms with Gasteiger partial charge in [-0.2, -0.15) is 18.3 Å².